The Hall–Kier alpha value is -1.07. The number of nitrogens with two attached hydrogens (primary N) is 1. The molecule has 0 unspecified atom stereocenters. The third-order valence-corrected chi connectivity index (χ3v) is 2.80. The van der Waals surface area contributed by atoms with E-state index in [4.69, 9.17) is 10.5 Å². The molecule has 4 nitrogen and oxygen atoms in total. The quantitative estimate of drug-likeness (QED) is 0.756. The van der Waals surface area contributed by atoms with Gasteiger partial charge in [-0.3, -0.25) is 4.79 Å². The number of hydrogen-bond donors (Lipinski definition) is 2. The summed E-state index contributed by atoms with van der Waals surface area (Å²) in [5.74, 6) is 0.273. The van der Waals surface area contributed by atoms with E-state index in [0.29, 0.717) is 17.9 Å². The average Bonchev–Trinajstić information content (AvgIpc) is 2.30. The molecule has 0 saturated heterocycles. The van der Waals surface area contributed by atoms with Gasteiger partial charge in [0, 0.05) is 12.1 Å². The van der Waals surface area contributed by atoms with E-state index in [1.54, 1.807) is 18.2 Å². The van der Waals surface area contributed by atoms with E-state index >= 15 is 0 Å². The molecule has 0 aliphatic rings. The van der Waals surface area contributed by atoms with Crippen LogP contribution >= 0.6 is 15.9 Å². The topological polar surface area (TPSA) is 64.3 Å². The molecule has 0 atom stereocenters. The van der Waals surface area contributed by atoms with Crippen molar-refractivity contribution in [2.45, 2.75) is 13.3 Å². The lowest BCUT2D eigenvalue weighted by atomic mass is 10.2. The van der Waals surface area contributed by atoms with Crippen LogP contribution in [0.15, 0.2) is 22.7 Å². The minimum Gasteiger partial charge on any atom is -0.491 e. The van der Waals surface area contributed by atoms with Crippen LogP contribution < -0.4 is 15.8 Å². The first-order valence-corrected chi connectivity index (χ1v) is 6.37. The van der Waals surface area contributed by atoms with Crippen LogP contribution in [-0.4, -0.2) is 25.6 Å². The van der Waals surface area contributed by atoms with Crippen LogP contribution in [0.4, 0.5) is 0 Å². The molecular formula is C12H17BrN2O2. The standard InChI is InChI=1S/C12H17BrN2O2/c1-2-5-15-6-7-17-11-4-3-9(12(14)16)8-10(11)13/h3-4,8,15H,2,5-7H2,1H3,(H2,14,16). The number of amides is 1. The molecule has 1 amide bonds. The summed E-state index contributed by atoms with van der Waals surface area (Å²) in [5, 5.41) is 3.24. The van der Waals surface area contributed by atoms with E-state index in [9.17, 15) is 4.79 Å². The Bertz CT molecular complexity index is 383. The maximum Gasteiger partial charge on any atom is 0.248 e. The average molecular weight is 301 g/mol. The van der Waals surface area contributed by atoms with Crippen molar-refractivity contribution < 1.29 is 9.53 Å². The summed E-state index contributed by atoms with van der Waals surface area (Å²) in [5.41, 5.74) is 5.64. The number of halogens is 1. The highest BCUT2D eigenvalue weighted by Gasteiger charge is 2.05. The van der Waals surface area contributed by atoms with Gasteiger partial charge in [-0.05, 0) is 47.1 Å². The first-order valence-electron chi connectivity index (χ1n) is 5.58. The number of nitrogens with one attached hydrogen (secondary N) is 1. The first-order chi connectivity index (χ1) is 8.15. The molecule has 17 heavy (non-hydrogen) atoms. The molecule has 0 aliphatic carbocycles. The Morgan fingerprint density at radius 2 is 2.24 bits per heavy atom. The summed E-state index contributed by atoms with van der Waals surface area (Å²) >= 11 is 3.35. The van der Waals surface area contributed by atoms with E-state index in [2.05, 4.69) is 28.2 Å². The molecule has 0 aliphatic heterocycles. The second-order valence-corrected chi connectivity index (χ2v) is 4.46. The molecule has 0 heterocycles. The van der Waals surface area contributed by atoms with Crippen molar-refractivity contribution in [1.29, 1.82) is 0 Å². The number of ether oxygens (including phenoxy) is 1. The molecule has 0 spiro atoms. The third kappa shape index (κ3) is 4.75. The van der Waals surface area contributed by atoms with Crippen LogP contribution in [0.5, 0.6) is 5.75 Å². The number of rotatable bonds is 7. The molecule has 0 aromatic heterocycles. The monoisotopic (exact) mass is 300 g/mol. The SMILES string of the molecule is CCCNCCOc1ccc(C(N)=O)cc1Br. The van der Waals surface area contributed by atoms with Crippen molar-refractivity contribution in [2.75, 3.05) is 19.7 Å². The van der Waals surface area contributed by atoms with Crippen LogP contribution in [0, 0.1) is 0 Å². The lowest BCUT2D eigenvalue weighted by Crippen LogP contribution is -2.21. The Kier molecular flexibility index (Phi) is 6.00. The smallest absolute Gasteiger partial charge is 0.248 e. The minimum absolute atomic E-state index is 0.443. The van der Waals surface area contributed by atoms with Crippen molar-refractivity contribution in [2.24, 2.45) is 5.73 Å². The van der Waals surface area contributed by atoms with Crippen molar-refractivity contribution in [3.8, 4) is 5.75 Å². The molecule has 94 valence electrons. The normalized spacial score (nSPS) is 10.2. The summed E-state index contributed by atoms with van der Waals surface area (Å²) in [6.45, 7) is 4.50. The zero-order valence-electron chi connectivity index (χ0n) is 9.83. The summed E-state index contributed by atoms with van der Waals surface area (Å²) in [6, 6.07) is 5.06. The second kappa shape index (κ2) is 7.29. The fourth-order valence-corrected chi connectivity index (χ4v) is 1.80. The molecule has 3 N–H and O–H groups in total. The van der Waals surface area contributed by atoms with Gasteiger partial charge >= 0.3 is 0 Å². The Morgan fingerprint density at radius 1 is 1.47 bits per heavy atom. The largest absolute Gasteiger partial charge is 0.491 e. The lowest BCUT2D eigenvalue weighted by Gasteiger charge is -2.09. The summed E-state index contributed by atoms with van der Waals surface area (Å²) in [7, 11) is 0. The number of primary amides is 1. The van der Waals surface area contributed by atoms with Gasteiger partial charge in [-0.25, -0.2) is 0 Å². The van der Waals surface area contributed by atoms with E-state index in [0.717, 1.165) is 24.0 Å². The van der Waals surface area contributed by atoms with Crippen LogP contribution in [0.1, 0.15) is 23.7 Å². The van der Waals surface area contributed by atoms with Crippen molar-refractivity contribution in [1.82, 2.24) is 5.32 Å². The van der Waals surface area contributed by atoms with Gasteiger partial charge in [0.1, 0.15) is 12.4 Å². The van der Waals surface area contributed by atoms with Gasteiger partial charge in [-0.15, -0.1) is 0 Å². The van der Waals surface area contributed by atoms with Gasteiger partial charge < -0.3 is 15.8 Å². The molecule has 0 saturated carbocycles. The van der Waals surface area contributed by atoms with Gasteiger partial charge in [0.15, 0.2) is 0 Å². The molecule has 1 aromatic carbocycles. The zero-order valence-corrected chi connectivity index (χ0v) is 11.4. The molecule has 0 radical (unpaired) electrons. The van der Waals surface area contributed by atoms with Crippen molar-refractivity contribution in [3.05, 3.63) is 28.2 Å². The molecule has 0 bridgehead atoms. The molecular weight excluding hydrogens is 284 g/mol. The number of benzene rings is 1. The maximum atomic E-state index is 10.9. The van der Waals surface area contributed by atoms with Crippen LogP contribution in [0.3, 0.4) is 0 Å². The first kappa shape index (κ1) is 14.0. The van der Waals surface area contributed by atoms with Crippen molar-refractivity contribution in [3.63, 3.8) is 0 Å². The summed E-state index contributed by atoms with van der Waals surface area (Å²) in [6.07, 6.45) is 1.11. The highest BCUT2D eigenvalue weighted by molar-refractivity contribution is 9.10. The Balaban J connectivity index is 2.46. The van der Waals surface area contributed by atoms with Crippen LogP contribution in [-0.2, 0) is 0 Å². The summed E-state index contributed by atoms with van der Waals surface area (Å²) in [4.78, 5) is 10.9. The van der Waals surface area contributed by atoms with Gasteiger partial charge in [0.25, 0.3) is 0 Å². The van der Waals surface area contributed by atoms with E-state index in [1.165, 1.54) is 0 Å². The number of carbonyl (C=O) groups is 1. The minimum atomic E-state index is -0.443. The van der Waals surface area contributed by atoms with E-state index in [1.807, 2.05) is 0 Å². The van der Waals surface area contributed by atoms with Gasteiger partial charge in [0.2, 0.25) is 5.91 Å². The van der Waals surface area contributed by atoms with Crippen molar-refractivity contribution >= 4 is 21.8 Å². The maximum absolute atomic E-state index is 10.9. The second-order valence-electron chi connectivity index (χ2n) is 3.61. The van der Waals surface area contributed by atoms with Gasteiger partial charge in [-0.1, -0.05) is 6.92 Å². The molecule has 1 aromatic rings. The molecule has 0 fully saturated rings. The molecule has 1 rings (SSSR count). The number of hydrogen-bond acceptors (Lipinski definition) is 3. The van der Waals surface area contributed by atoms with Crippen LogP contribution in [0.2, 0.25) is 0 Å². The van der Waals surface area contributed by atoms with Gasteiger partial charge in [-0.2, -0.15) is 0 Å². The Morgan fingerprint density at radius 3 is 2.82 bits per heavy atom. The van der Waals surface area contributed by atoms with E-state index < -0.39 is 5.91 Å². The lowest BCUT2D eigenvalue weighted by molar-refractivity contribution is 0.1000. The summed E-state index contributed by atoms with van der Waals surface area (Å²) < 4.78 is 6.30. The predicted octanol–water partition coefficient (Wildman–Crippen LogP) is 1.93. The number of carbonyl (C=O) groups excluding carboxylic acids is 1. The third-order valence-electron chi connectivity index (χ3n) is 2.18. The highest BCUT2D eigenvalue weighted by Crippen LogP contribution is 2.25. The molecule has 5 heteroatoms. The highest BCUT2D eigenvalue weighted by atomic mass is 79.9. The fourth-order valence-electron chi connectivity index (χ4n) is 1.31. The van der Waals surface area contributed by atoms with E-state index in [-0.39, 0.29) is 0 Å². The zero-order chi connectivity index (χ0) is 12.7. The predicted molar refractivity (Wildman–Crippen MR) is 71.3 cm³/mol. The van der Waals surface area contributed by atoms with Gasteiger partial charge in [0.05, 0.1) is 4.47 Å². The van der Waals surface area contributed by atoms with Crippen LogP contribution in [0.25, 0.3) is 0 Å². The Labute approximate surface area is 110 Å². The fraction of sp³-hybridized carbons (Fsp3) is 0.417.